The lowest BCUT2D eigenvalue weighted by molar-refractivity contribution is -0.151. The Morgan fingerprint density at radius 3 is 3.12 bits per heavy atom. The van der Waals surface area contributed by atoms with Crippen molar-refractivity contribution < 1.29 is 19.4 Å². The van der Waals surface area contributed by atoms with Gasteiger partial charge in [-0.1, -0.05) is 18.2 Å². The van der Waals surface area contributed by atoms with E-state index in [-0.39, 0.29) is 25.1 Å². The quantitative estimate of drug-likeness (QED) is 0.768. The highest BCUT2D eigenvalue weighted by Crippen LogP contribution is 2.27. The van der Waals surface area contributed by atoms with Crippen molar-refractivity contribution in [3.05, 3.63) is 29.8 Å². The lowest BCUT2D eigenvalue weighted by atomic mass is 9.97. The Balaban J connectivity index is 1.99. The first-order valence-corrected chi connectivity index (χ1v) is 5.29. The number of aliphatic hydroxyl groups excluding tert-OH is 1. The minimum atomic E-state index is -0.302. The lowest BCUT2D eigenvalue weighted by Crippen LogP contribution is -2.30. The molecule has 1 aliphatic rings. The van der Waals surface area contributed by atoms with E-state index >= 15 is 0 Å². The predicted octanol–water partition coefficient (Wildman–Crippen LogP) is 0.773. The number of rotatable bonds is 3. The third-order valence-electron chi connectivity index (χ3n) is 2.55. The van der Waals surface area contributed by atoms with Gasteiger partial charge in [0.05, 0.1) is 12.5 Å². The van der Waals surface area contributed by atoms with Crippen molar-refractivity contribution in [2.75, 3.05) is 19.8 Å². The molecule has 0 amide bonds. The van der Waals surface area contributed by atoms with Gasteiger partial charge in [-0.25, -0.2) is 0 Å². The number of para-hydroxylation sites is 1. The monoisotopic (exact) mass is 222 g/mol. The van der Waals surface area contributed by atoms with Gasteiger partial charge in [-0.05, 0) is 18.1 Å². The second kappa shape index (κ2) is 4.99. The first-order chi connectivity index (χ1) is 7.81. The van der Waals surface area contributed by atoms with Gasteiger partial charge >= 0.3 is 5.97 Å². The number of ether oxygens (including phenoxy) is 2. The maximum Gasteiger partial charge on any atom is 0.312 e. The molecule has 2 rings (SSSR count). The second-order valence-corrected chi connectivity index (χ2v) is 3.71. The first kappa shape index (κ1) is 11.0. The summed E-state index contributed by atoms with van der Waals surface area (Å²) in [7, 11) is 0. The number of fused-ring (bicyclic) bond motifs is 1. The average molecular weight is 222 g/mol. The van der Waals surface area contributed by atoms with Crippen molar-refractivity contribution in [3.8, 4) is 5.75 Å². The van der Waals surface area contributed by atoms with Crippen molar-refractivity contribution in [1.82, 2.24) is 0 Å². The molecule has 0 saturated carbocycles. The third-order valence-corrected chi connectivity index (χ3v) is 2.55. The van der Waals surface area contributed by atoms with E-state index in [1.54, 1.807) is 0 Å². The summed E-state index contributed by atoms with van der Waals surface area (Å²) in [5.74, 6) is 0.277. The van der Waals surface area contributed by atoms with E-state index in [9.17, 15) is 4.79 Å². The van der Waals surface area contributed by atoms with Crippen molar-refractivity contribution in [2.45, 2.75) is 6.42 Å². The maximum atomic E-state index is 11.6. The molecule has 0 fully saturated rings. The number of benzene rings is 1. The van der Waals surface area contributed by atoms with E-state index in [0.717, 1.165) is 11.3 Å². The van der Waals surface area contributed by atoms with Crippen LogP contribution < -0.4 is 4.74 Å². The molecule has 4 heteroatoms. The standard InChI is InChI=1S/C12H14O4/c13-5-6-15-12(14)10-7-9-3-1-2-4-11(9)16-8-10/h1-4,10,13H,5-8H2. The number of carbonyl (C=O) groups excluding carboxylic acids is 1. The molecular formula is C12H14O4. The van der Waals surface area contributed by atoms with Crippen molar-refractivity contribution in [2.24, 2.45) is 5.92 Å². The first-order valence-electron chi connectivity index (χ1n) is 5.29. The topological polar surface area (TPSA) is 55.8 Å². The van der Waals surface area contributed by atoms with Crippen LogP contribution in [0.15, 0.2) is 24.3 Å². The summed E-state index contributed by atoms with van der Waals surface area (Å²) < 4.78 is 10.4. The van der Waals surface area contributed by atoms with Crippen molar-refractivity contribution in [3.63, 3.8) is 0 Å². The van der Waals surface area contributed by atoms with Crippen LogP contribution in [-0.2, 0) is 16.0 Å². The molecule has 86 valence electrons. The minimum Gasteiger partial charge on any atom is -0.492 e. The van der Waals surface area contributed by atoms with Gasteiger partial charge in [-0.15, -0.1) is 0 Å². The van der Waals surface area contributed by atoms with Gasteiger partial charge in [0.1, 0.15) is 19.0 Å². The summed E-state index contributed by atoms with van der Waals surface area (Å²) >= 11 is 0. The summed E-state index contributed by atoms with van der Waals surface area (Å²) in [4.78, 5) is 11.6. The number of aliphatic hydroxyl groups is 1. The highest BCUT2D eigenvalue weighted by molar-refractivity contribution is 5.73. The largest absolute Gasteiger partial charge is 0.492 e. The van der Waals surface area contributed by atoms with E-state index < -0.39 is 0 Å². The molecule has 1 heterocycles. The summed E-state index contributed by atoms with van der Waals surface area (Å²) in [6.07, 6.45) is 0.639. The Kier molecular flexibility index (Phi) is 3.41. The molecule has 0 aromatic heterocycles. The highest BCUT2D eigenvalue weighted by atomic mass is 16.5. The summed E-state index contributed by atoms with van der Waals surface area (Å²) in [5.41, 5.74) is 1.03. The van der Waals surface area contributed by atoms with E-state index in [0.29, 0.717) is 13.0 Å². The van der Waals surface area contributed by atoms with E-state index in [2.05, 4.69) is 0 Å². The fourth-order valence-electron chi connectivity index (χ4n) is 1.74. The van der Waals surface area contributed by atoms with Crippen LogP contribution in [0, 0.1) is 5.92 Å². The van der Waals surface area contributed by atoms with Crippen LogP contribution in [0.1, 0.15) is 5.56 Å². The zero-order valence-corrected chi connectivity index (χ0v) is 8.89. The van der Waals surface area contributed by atoms with Crippen molar-refractivity contribution >= 4 is 5.97 Å². The number of esters is 1. The Morgan fingerprint density at radius 2 is 2.31 bits per heavy atom. The molecule has 0 spiro atoms. The molecule has 0 radical (unpaired) electrons. The smallest absolute Gasteiger partial charge is 0.312 e. The second-order valence-electron chi connectivity index (χ2n) is 3.71. The fraction of sp³-hybridized carbons (Fsp3) is 0.417. The van der Waals surface area contributed by atoms with Crippen LogP contribution in [0.5, 0.6) is 5.75 Å². The van der Waals surface area contributed by atoms with Gasteiger partial charge in [-0.3, -0.25) is 4.79 Å². The molecule has 16 heavy (non-hydrogen) atoms. The Labute approximate surface area is 93.8 Å². The third kappa shape index (κ3) is 2.33. The molecule has 1 N–H and O–H groups in total. The van der Waals surface area contributed by atoms with Gasteiger partial charge in [0.25, 0.3) is 0 Å². The van der Waals surface area contributed by atoms with Crippen LogP contribution in [0.4, 0.5) is 0 Å². The molecule has 0 aliphatic carbocycles. The van der Waals surface area contributed by atoms with Gasteiger partial charge < -0.3 is 14.6 Å². The van der Waals surface area contributed by atoms with Gasteiger partial charge in [-0.2, -0.15) is 0 Å². The van der Waals surface area contributed by atoms with E-state index in [4.69, 9.17) is 14.6 Å². The molecule has 1 aromatic rings. The fourth-order valence-corrected chi connectivity index (χ4v) is 1.74. The normalized spacial score (nSPS) is 18.4. The molecule has 1 atom stereocenters. The molecular weight excluding hydrogens is 208 g/mol. The molecule has 1 unspecified atom stereocenters. The van der Waals surface area contributed by atoms with E-state index in [1.165, 1.54) is 0 Å². The number of carbonyl (C=O) groups is 1. The SMILES string of the molecule is O=C(OCCO)C1COc2ccccc2C1. The molecule has 0 bridgehead atoms. The molecule has 1 aromatic carbocycles. The van der Waals surface area contributed by atoms with Crippen LogP contribution in [-0.4, -0.2) is 30.9 Å². The number of hydrogen-bond acceptors (Lipinski definition) is 4. The molecule has 1 aliphatic heterocycles. The maximum absolute atomic E-state index is 11.6. The van der Waals surface area contributed by atoms with Crippen LogP contribution in [0.3, 0.4) is 0 Å². The summed E-state index contributed by atoms with van der Waals surface area (Å²) in [6, 6.07) is 7.66. The van der Waals surface area contributed by atoms with E-state index in [1.807, 2.05) is 24.3 Å². The van der Waals surface area contributed by atoms with Gasteiger partial charge in [0, 0.05) is 0 Å². The zero-order valence-electron chi connectivity index (χ0n) is 8.89. The minimum absolute atomic E-state index is 0.0526. The Morgan fingerprint density at radius 1 is 1.50 bits per heavy atom. The predicted molar refractivity (Wildman–Crippen MR) is 57.2 cm³/mol. The average Bonchev–Trinajstić information content (AvgIpc) is 2.35. The lowest BCUT2D eigenvalue weighted by Gasteiger charge is -2.23. The Hall–Kier alpha value is -1.55. The van der Waals surface area contributed by atoms with Gasteiger partial charge in [0.15, 0.2) is 0 Å². The summed E-state index contributed by atoms with van der Waals surface area (Å²) in [6.45, 7) is 0.258. The zero-order chi connectivity index (χ0) is 11.4. The van der Waals surface area contributed by atoms with Crippen LogP contribution >= 0.6 is 0 Å². The molecule has 4 nitrogen and oxygen atoms in total. The number of hydrogen-bond donors (Lipinski definition) is 1. The molecule has 0 saturated heterocycles. The Bertz CT molecular complexity index is 375. The van der Waals surface area contributed by atoms with Crippen LogP contribution in [0.2, 0.25) is 0 Å². The van der Waals surface area contributed by atoms with Crippen molar-refractivity contribution in [1.29, 1.82) is 0 Å². The summed E-state index contributed by atoms with van der Waals surface area (Å²) in [5, 5.41) is 8.56. The van der Waals surface area contributed by atoms with Crippen LogP contribution in [0.25, 0.3) is 0 Å². The van der Waals surface area contributed by atoms with Gasteiger partial charge in [0.2, 0.25) is 0 Å². The highest BCUT2D eigenvalue weighted by Gasteiger charge is 2.26.